The summed E-state index contributed by atoms with van der Waals surface area (Å²) < 4.78 is 15.0. The average Bonchev–Trinajstić information content (AvgIpc) is 2.83. The van der Waals surface area contributed by atoms with Gasteiger partial charge in [0.15, 0.2) is 0 Å². The SMILES string of the molecule is CCCNCc1cn(Cc2cccc(F)c2Cl)nn1. The van der Waals surface area contributed by atoms with Crippen LogP contribution in [0.2, 0.25) is 5.02 Å². The summed E-state index contributed by atoms with van der Waals surface area (Å²) in [7, 11) is 0. The first-order chi connectivity index (χ1) is 9.20. The van der Waals surface area contributed by atoms with E-state index >= 15 is 0 Å². The van der Waals surface area contributed by atoms with Crippen LogP contribution in [-0.2, 0) is 13.1 Å². The van der Waals surface area contributed by atoms with Gasteiger partial charge in [-0.2, -0.15) is 0 Å². The molecule has 0 aliphatic carbocycles. The van der Waals surface area contributed by atoms with Crippen molar-refractivity contribution in [1.29, 1.82) is 0 Å². The average molecular weight is 283 g/mol. The Bertz CT molecular complexity index is 541. The van der Waals surface area contributed by atoms with E-state index in [-0.39, 0.29) is 5.02 Å². The van der Waals surface area contributed by atoms with Gasteiger partial charge < -0.3 is 5.32 Å². The molecule has 1 N–H and O–H groups in total. The first-order valence-electron chi connectivity index (χ1n) is 6.23. The summed E-state index contributed by atoms with van der Waals surface area (Å²) in [5.41, 5.74) is 1.56. The molecule has 0 aliphatic rings. The van der Waals surface area contributed by atoms with Crippen LogP contribution in [0.1, 0.15) is 24.6 Å². The molecule has 0 fully saturated rings. The van der Waals surface area contributed by atoms with E-state index in [2.05, 4.69) is 22.6 Å². The highest BCUT2D eigenvalue weighted by molar-refractivity contribution is 6.31. The predicted molar refractivity (Wildman–Crippen MR) is 72.5 cm³/mol. The minimum atomic E-state index is -0.413. The number of benzene rings is 1. The van der Waals surface area contributed by atoms with Gasteiger partial charge in [-0.05, 0) is 24.6 Å². The van der Waals surface area contributed by atoms with Crippen LogP contribution in [-0.4, -0.2) is 21.5 Å². The fourth-order valence-electron chi connectivity index (χ4n) is 1.74. The second-order valence-electron chi connectivity index (χ2n) is 4.30. The van der Waals surface area contributed by atoms with Crippen molar-refractivity contribution >= 4 is 11.6 Å². The number of rotatable bonds is 6. The molecule has 2 aromatic rings. The van der Waals surface area contributed by atoms with Gasteiger partial charge in [-0.1, -0.05) is 35.9 Å². The van der Waals surface area contributed by atoms with Gasteiger partial charge in [0.05, 0.1) is 23.5 Å². The van der Waals surface area contributed by atoms with Crippen molar-refractivity contribution in [2.24, 2.45) is 0 Å². The fraction of sp³-hybridized carbons (Fsp3) is 0.385. The molecule has 0 bridgehead atoms. The van der Waals surface area contributed by atoms with E-state index < -0.39 is 5.82 Å². The Morgan fingerprint density at radius 1 is 1.42 bits per heavy atom. The lowest BCUT2D eigenvalue weighted by atomic mass is 10.2. The van der Waals surface area contributed by atoms with Crippen LogP contribution in [0.3, 0.4) is 0 Å². The Kier molecular flexibility index (Phi) is 4.87. The minimum absolute atomic E-state index is 0.142. The summed E-state index contributed by atoms with van der Waals surface area (Å²) in [6.45, 7) is 4.15. The lowest BCUT2D eigenvalue weighted by molar-refractivity contribution is 0.614. The zero-order valence-electron chi connectivity index (χ0n) is 10.7. The third-order valence-corrected chi connectivity index (χ3v) is 3.11. The Morgan fingerprint density at radius 2 is 2.26 bits per heavy atom. The highest BCUT2D eigenvalue weighted by Gasteiger charge is 2.07. The number of hydrogen-bond donors (Lipinski definition) is 1. The number of nitrogens with zero attached hydrogens (tertiary/aromatic N) is 3. The second kappa shape index (κ2) is 6.63. The van der Waals surface area contributed by atoms with Crippen molar-refractivity contribution in [2.45, 2.75) is 26.4 Å². The molecule has 6 heteroatoms. The van der Waals surface area contributed by atoms with E-state index in [0.29, 0.717) is 18.7 Å². The van der Waals surface area contributed by atoms with E-state index in [1.54, 1.807) is 16.8 Å². The molecular formula is C13H16ClFN4. The smallest absolute Gasteiger partial charge is 0.142 e. The summed E-state index contributed by atoms with van der Waals surface area (Å²) in [5.74, 6) is -0.413. The highest BCUT2D eigenvalue weighted by atomic mass is 35.5. The largest absolute Gasteiger partial charge is 0.311 e. The maximum atomic E-state index is 13.3. The van der Waals surface area contributed by atoms with E-state index in [1.165, 1.54) is 6.07 Å². The number of hydrogen-bond acceptors (Lipinski definition) is 3. The molecule has 1 heterocycles. The van der Waals surface area contributed by atoms with Crippen LogP contribution in [0.25, 0.3) is 0 Å². The minimum Gasteiger partial charge on any atom is -0.311 e. The predicted octanol–water partition coefficient (Wildman–Crippen LogP) is 2.62. The topological polar surface area (TPSA) is 42.7 Å². The lowest BCUT2D eigenvalue weighted by Crippen LogP contribution is -2.13. The maximum Gasteiger partial charge on any atom is 0.142 e. The summed E-state index contributed by atoms with van der Waals surface area (Å²) >= 11 is 5.90. The third-order valence-electron chi connectivity index (χ3n) is 2.68. The van der Waals surface area contributed by atoms with E-state index in [0.717, 1.165) is 18.7 Å². The van der Waals surface area contributed by atoms with Crippen LogP contribution >= 0.6 is 11.6 Å². The van der Waals surface area contributed by atoms with Crippen molar-refractivity contribution in [3.8, 4) is 0 Å². The van der Waals surface area contributed by atoms with Gasteiger partial charge in [0.2, 0.25) is 0 Å². The van der Waals surface area contributed by atoms with Gasteiger partial charge >= 0.3 is 0 Å². The highest BCUT2D eigenvalue weighted by Crippen LogP contribution is 2.20. The van der Waals surface area contributed by atoms with Gasteiger partial charge in [-0.3, -0.25) is 0 Å². The van der Waals surface area contributed by atoms with E-state index in [9.17, 15) is 4.39 Å². The zero-order chi connectivity index (χ0) is 13.7. The zero-order valence-corrected chi connectivity index (χ0v) is 11.5. The molecule has 0 saturated heterocycles. The molecule has 0 unspecified atom stereocenters. The molecule has 2 rings (SSSR count). The van der Waals surface area contributed by atoms with Crippen LogP contribution in [0.15, 0.2) is 24.4 Å². The van der Waals surface area contributed by atoms with Crippen LogP contribution < -0.4 is 5.32 Å². The molecule has 0 saturated carbocycles. The Hall–Kier alpha value is -1.46. The van der Waals surface area contributed by atoms with Crippen molar-refractivity contribution in [3.63, 3.8) is 0 Å². The molecule has 102 valence electrons. The Balaban J connectivity index is 2.01. The second-order valence-corrected chi connectivity index (χ2v) is 4.68. The molecule has 0 radical (unpaired) electrons. The summed E-state index contributed by atoms with van der Waals surface area (Å²) in [5, 5.41) is 11.4. The molecule has 4 nitrogen and oxygen atoms in total. The monoisotopic (exact) mass is 282 g/mol. The van der Waals surface area contributed by atoms with Gasteiger partial charge in [0, 0.05) is 6.54 Å². The van der Waals surface area contributed by atoms with Crippen LogP contribution in [0.5, 0.6) is 0 Å². The Labute approximate surface area is 116 Å². The molecule has 1 aromatic carbocycles. The van der Waals surface area contributed by atoms with Crippen molar-refractivity contribution in [2.75, 3.05) is 6.54 Å². The van der Waals surface area contributed by atoms with Crippen LogP contribution in [0, 0.1) is 5.82 Å². The number of halogens is 2. The molecule has 0 aliphatic heterocycles. The molecule has 0 amide bonds. The van der Waals surface area contributed by atoms with Crippen LogP contribution in [0.4, 0.5) is 4.39 Å². The number of aromatic nitrogens is 3. The fourth-order valence-corrected chi connectivity index (χ4v) is 1.92. The summed E-state index contributed by atoms with van der Waals surface area (Å²) in [6, 6.07) is 4.76. The van der Waals surface area contributed by atoms with Gasteiger partial charge in [-0.15, -0.1) is 5.10 Å². The quantitative estimate of drug-likeness (QED) is 0.828. The van der Waals surface area contributed by atoms with Crippen molar-refractivity contribution in [3.05, 3.63) is 46.5 Å². The molecule has 1 aromatic heterocycles. The lowest BCUT2D eigenvalue weighted by Gasteiger charge is -2.04. The van der Waals surface area contributed by atoms with Gasteiger partial charge in [0.1, 0.15) is 5.82 Å². The normalized spacial score (nSPS) is 10.9. The van der Waals surface area contributed by atoms with Gasteiger partial charge in [0.25, 0.3) is 0 Å². The first kappa shape index (κ1) is 14.0. The van der Waals surface area contributed by atoms with Crippen molar-refractivity contribution < 1.29 is 4.39 Å². The summed E-state index contributed by atoms with van der Waals surface area (Å²) in [4.78, 5) is 0. The van der Waals surface area contributed by atoms with E-state index in [1.807, 2.05) is 6.20 Å². The third kappa shape index (κ3) is 3.75. The number of nitrogens with one attached hydrogen (secondary N) is 1. The molecule has 19 heavy (non-hydrogen) atoms. The molecule has 0 atom stereocenters. The van der Waals surface area contributed by atoms with E-state index in [4.69, 9.17) is 11.6 Å². The summed E-state index contributed by atoms with van der Waals surface area (Å²) in [6.07, 6.45) is 2.91. The molecule has 0 spiro atoms. The Morgan fingerprint density at radius 3 is 3.05 bits per heavy atom. The van der Waals surface area contributed by atoms with Gasteiger partial charge in [-0.25, -0.2) is 9.07 Å². The molecular weight excluding hydrogens is 267 g/mol. The first-order valence-corrected chi connectivity index (χ1v) is 6.61. The standard InChI is InChI=1S/C13H16ClFN4/c1-2-6-16-7-11-9-19(18-17-11)8-10-4-3-5-12(15)13(10)14/h3-5,9,16H,2,6-8H2,1H3. The maximum absolute atomic E-state index is 13.3. The van der Waals surface area contributed by atoms with Crippen molar-refractivity contribution in [1.82, 2.24) is 20.3 Å².